The van der Waals surface area contributed by atoms with Crippen molar-refractivity contribution in [1.29, 1.82) is 0 Å². The molecule has 0 radical (unpaired) electrons. The third-order valence-corrected chi connectivity index (χ3v) is 4.07. The van der Waals surface area contributed by atoms with Crippen LogP contribution in [0, 0.1) is 12.8 Å². The molecule has 5 nitrogen and oxygen atoms in total. The summed E-state index contributed by atoms with van der Waals surface area (Å²) in [5.41, 5.74) is 1.07. The number of thiophene rings is 1. The fraction of sp³-hybridized carbons (Fsp3) is 0.533. The molecule has 0 unspecified atom stereocenters. The number of hydrogen-bond acceptors (Lipinski definition) is 5. The minimum Gasteiger partial charge on any atom is -0.360 e. The molecule has 0 fully saturated rings. The second-order valence-electron chi connectivity index (χ2n) is 5.90. The zero-order valence-corrected chi connectivity index (χ0v) is 14.4. The summed E-state index contributed by atoms with van der Waals surface area (Å²) in [6.07, 6.45) is -3.59. The summed E-state index contributed by atoms with van der Waals surface area (Å²) in [6.45, 7) is 4.30. The molecule has 9 heteroatoms. The van der Waals surface area contributed by atoms with Gasteiger partial charge < -0.3 is 10.6 Å². The van der Waals surface area contributed by atoms with Gasteiger partial charge in [0.15, 0.2) is 0 Å². The van der Waals surface area contributed by atoms with Crippen LogP contribution in [-0.4, -0.2) is 35.1 Å². The van der Waals surface area contributed by atoms with E-state index in [1.165, 1.54) is 11.3 Å². The number of aryl methyl sites for hydroxylation is 1. The van der Waals surface area contributed by atoms with Crippen molar-refractivity contribution in [3.05, 3.63) is 16.8 Å². The Balaban J connectivity index is 2.15. The lowest BCUT2D eigenvalue weighted by molar-refractivity contribution is -0.137. The Labute approximate surface area is 141 Å². The number of amides is 1. The minimum absolute atomic E-state index is 0.279. The Kier molecular flexibility index (Phi) is 5.63. The first-order chi connectivity index (χ1) is 11.2. The fourth-order valence-corrected chi connectivity index (χ4v) is 3.25. The van der Waals surface area contributed by atoms with E-state index in [1.807, 2.05) is 10.7 Å². The Morgan fingerprint density at radius 3 is 2.67 bits per heavy atom. The Morgan fingerprint density at radius 2 is 2.04 bits per heavy atom. The molecule has 0 aliphatic rings. The number of aromatic nitrogens is 2. The SMILES string of the molecule is Cc1nc(NCC(=O)NCC(F)(F)F)c2c(CC(C)C)csc2n1. The van der Waals surface area contributed by atoms with E-state index < -0.39 is 18.6 Å². The van der Waals surface area contributed by atoms with Gasteiger partial charge in [0.1, 0.15) is 23.0 Å². The molecule has 0 bridgehead atoms. The van der Waals surface area contributed by atoms with Crippen molar-refractivity contribution in [1.82, 2.24) is 15.3 Å². The fourth-order valence-electron chi connectivity index (χ4n) is 2.25. The molecule has 0 spiro atoms. The molecule has 0 atom stereocenters. The number of nitrogens with zero attached hydrogens (tertiary/aromatic N) is 2. The summed E-state index contributed by atoms with van der Waals surface area (Å²) in [6, 6.07) is 0. The number of rotatable bonds is 6. The molecular formula is C15H19F3N4OS. The largest absolute Gasteiger partial charge is 0.405 e. The van der Waals surface area contributed by atoms with Crippen LogP contribution in [0.2, 0.25) is 0 Å². The normalized spacial score (nSPS) is 12.0. The lowest BCUT2D eigenvalue weighted by atomic mass is 10.0. The Hall–Kier alpha value is -1.90. The number of fused-ring (bicyclic) bond motifs is 1. The van der Waals surface area contributed by atoms with E-state index in [0.717, 1.165) is 22.2 Å². The molecule has 132 valence electrons. The zero-order valence-electron chi connectivity index (χ0n) is 13.6. The Morgan fingerprint density at radius 1 is 1.33 bits per heavy atom. The highest BCUT2D eigenvalue weighted by Crippen LogP contribution is 2.31. The van der Waals surface area contributed by atoms with Gasteiger partial charge in [-0.3, -0.25) is 4.79 Å². The van der Waals surface area contributed by atoms with Crippen LogP contribution in [0.15, 0.2) is 5.38 Å². The number of alkyl halides is 3. The molecule has 0 aliphatic heterocycles. The van der Waals surface area contributed by atoms with E-state index >= 15 is 0 Å². The van der Waals surface area contributed by atoms with Crippen molar-refractivity contribution >= 4 is 33.3 Å². The van der Waals surface area contributed by atoms with Crippen LogP contribution in [0.4, 0.5) is 19.0 Å². The van der Waals surface area contributed by atoms with Gasteiger partial charge in [0.2, 0.25) is 5.91 Å². The predicted molar refractivity (Wildman–Crippen MR) is 88.2 cm³/mol. The maximum Gasteiger partial charge on any atom is 0.405 e. The summed E-state index contributed by atoms with van der Waals surface area (Å²) >= 11 is 1.49. The molecular weight excluding hydrogens is 341 g/mol. The lowest BCUT2D eigenvalue weighted by Crippen LogP contribution is -2.37. The quantitative estimate of drug-likeness (QED) is 0.830. The van der Waals surface area contributed by atoms with Crippen molar-refractivity contribution in [3.63, 3.8) is 0 Å². The molecule has 24 heavy (non-hydrogen) atoms. The molecule has 1 amide bonds. The van der Waals surface area contributed by atoms with Crippen LogP contribution < -0.4 is 10.6 Å². The predicted octanol–water partition coefficient (Wildman–Crippen LogP) is 3.29. The molecule has 2 aromatic heterocycles. The van der Waals surface area contributed by atoms with E-state index in [4.69, 9.17) is 0 Å². The van der Waals surface area contributed by atoms with Gasteiger partial charge in [-0.15, -0.1) is 11.3 Å². The molecule has 0 saturated heterocycles. The monoisotopic (exact) mass is 360 g/mol. The highest BCUT2D eigenvalue weighted by molar-refractivity contribution is 7.17. The number of anilines is 1. The summed E-state index contributed by atoms with van der Waals surface area (Å²) in [5, 5.41) is 7.51. The smallest absolute Gasteiger partial charge is 0.360 e. The van der Waals surface area contributed by atoms with Crippen LogP contribution in [-0.2, 0) is 11.2 Å². The summed E-state index contributed by atoms with van der Waals surface area (Å²) in [5.74, 6) is 0.722. The summed E-state index contributed by atoms with van der Waals surface area (Å²) in [4.78, 5) is 21.1. The standard InChI is InChI=1S/C15H19F3N4OS/c1-8(2)4-10-6-24-14-12(10)13(21-9(3)22-14)19-5-11(23)20-7-15(16,17)18/h6,8H,4-5,7H2,1-3H3,(H,20,23)(H,19,21,22). The van der Waals surface area contributed by atoms with Gasteiger partial charge in [-0.2, -0.15) is 13.2 Å². The second-order valence-corrected chi connectivity index (χ2v) is 6.76. The third-order valence-electron chi connectivity index (χ3n) is 3.15. The average Bonchev–Trinajstić information content (AvgIpc) is 2.83. The first-order valence-corrected chi connectivity index (χ1v) is 8.35. The van der Waals surface area contributed by atoms with Gasteiger partial charge >= 0.3 is 6.18 Å². The van der Waals surface area contributed by atoms with Crippen molar-refractivity contribution in [2.24, 2.45) is 5.92 Å². The number of carbonyl (C=O) groups excluding carboxylic acids is 1. The summed E-state index contributed by atoms with van der Waals surface area (Å²) in [7, 11) is 0. The van der Waals surface area contributed by atoms with Crippen LogP contribution in [0.5, 0.6) is 0 Å². The average molecular weight is 360 g/mol. The van der Waals surface area contributed by atoms with E-state index in [-0.39, 0.29) is 6.54 Å². The van der Waals surface area contributed by atoms with E-state index in [9.17, 15) is 18.0 Å². The lowest BCUT2D eigenvalue weighted by Gasteiger charge is -2.11. The molecule has 0 saturated carbocycles. The highest BCUT2D eigenvalue weighted by Gasteiger charge is 2.27. The van der Waals surface area contributed by atoms with E-state index in [0.29, 0.717) is 17.6 Å². The van der Waals surface area contributed by atoms with Crippen LogP contribution in [0.25, 0.3) is 10.2 Å². The number of halogens is 3. The molecule has 2 rings (SSSR count). The van der Waals surface area contributed by atoms with Crippen LogP contribution in [0.3, 0.4) is 0 Å². The van der Waals surface area contributed by atoms with Gasteiger partial charge in [0, 0.05) is 0 Å². The first-order valence-electron chi connectivity index (χ1n) is 7.47. The van der Waals surface area contributed by atoms with Gasteiger partial charge in [0.25, 0.3) is 0 Å². The van der Waals surface area contributed by atoms with Gasteiger partial charge in [0.05, 0.1) is 11.9 Å². The molecule has 0 aromatic carbocycles. The van der Waals surface area contributed by atoms with Crippen molar-refractivity contribution in [3.8, 4) is 0 Å². The molecule has 2 aromatic rings. The van der Waals surface area contributed by atoms with Crippen molar-refractivity contribution in [2.45, 2.75) is 33.4 Å². The molecule has 2 heterocycles. The zero-order chi connectivity index (χ0) is 17.9. The topological polar surface area (TPSA) is 66.9 Å². The highest BCUT2D eigenvalue weighted by atomic mass is 32.1. The van der Waals surface area contributed by atoms with Crippen molar-refractivity contribution in [2.75, 3.05) is 18.4 Å². The van der Waals surface area contributed by atoms with E-state index in [2.05, 4.69) is 29.1 Å². The maximum absolute atomic E-state index is 12.1. The van der Waals surface area contributed by atoms with Gasteiger partial charge in [-0.25, -0.2) is 9.97 Å². The van der Waals surface area contributed by atoms with Gasteiger partial charge in [-0.1, -0.05) is 13.8 Å². The van der Waals surface area contributed by atoms with Crippen molar-refractivity contribution < 1.29 is 18.0 Å². The van der Waals surface area contributed by atoms with Crippen LogP contribution in [0.1, 0.15) is 25.2 Å². The third kappa shape index (κ3) is 5.05. The number of nitrogens with one attached hydrogen (secondary N) is 2. The Bertz CT molecular complexity index is 727. The minimum atomic E-state index is -4.42. The first kappa shape index (κ1) is 18.4. The number of hydrogen-bond donors (Lipinski definition) is 2. The number of carbonyl (C=O) groups is 1. The van der Waals surface area contributed by atoms with Crippen LogP contribution >= 0.6 is 11.3 Å². The molecule has 0 aliphatic carbocycles. The van der Waals surface area contributed by atoms with E-state index in [1.54, 1.807) is 6.92 Å². The van der Waals surface area contributed by atoms with Gasteiger partial charge in [-0.05, 0) is 30.2 Å². The summed E-state index contributed by atoms with van der Waals surface area (Å²) < 4.78 is 36.4. The molecule has 2 N–H and O–H groups in total. The maximum atomic E-state index is 12.1. The second kappa shape index (κ2) is 7.33.